The van der Waals surface area contributed by atoms with Crippen molar-refractivity contribution in [1.29, 1.82) is 0 Å². The molecular weight excluding hydrogens is 262 g/mol. The maximum Gasteiger partial charge on any atom is 0.260 e. The van der Waals surface area contributed by atoms with Crippen molar-refractivity contribution in [3.05, 3.63) is 10.4 Å². The number of primary amides is 1. The predicted octanol–water partition coefficient (Wildman–Crippen LogP) is 1.27. The van der Waals surface area contributed by atoms with Gasteiger partial charge in [-0.25, -0.2) is 0 Å². The fraction of sp³-hybridized carbons (Fsp3) is 0.615. The molecule has 1 atom stereocenters. The topological polar surface area (TPSA) is 92.6 Å². The van der Waals surface area contributed by atoms with Crippen LogP contribution in [-0.2, 0) is 0 Å². The third-order valence-electron chi connectivity index (χ3n) is 3.86. The number of thiophene rings is 1. The number of hydrogen-bond donors (Lipinski definition) is 3. The SMILES string of the molecule is NC(=O)c1sc(N2CCCC(O)C2)c(C2CC2)c1N. The number of hydrogen-bond acceptors (Lipinski definition) is 5. The zero-order chi connectivity index (χ0) is 13.6. The lowest BCUT2D eigenvalue weighted by atomic mass is 10.1. The van der Waals surface area contributed by atoms with Gasteiger partial charge in [0.05, 0.1) is 16.8 Å². The number of aliphatic hydroxyl groups is 1. The van der Waals surface area contributed by atoms with E-state index in [0.717, 1.165) is 42.8 Å². The fourth-order valence-electron chi connectivity index (χ4n) is 2.77. The minimum Gasteiger partial charge on any atom is -0.397 e. The minimum atomic E-state index is -0.451. The average molecular weight is 281 g/mol. The molecule has 2 fully saturated rings. The van der Waals surface area contributed by atoms with Crippen LogP contribution in [0.25, 0.3) is 0 Å². The van der Waals surface area contributed by atoms with Crippen molar-refractivity contribution in [3.8, 4) is 0 Å². The fourth-order valence-corrected chi connectivity index (χ4v) is 3.96. The second-order valence-corrected chi connectivity index (χ2v) is 6.44. The molecule has 1 aliphatic carbocycles. The van der Waals surface area contributed by atoms with E-state index in [0.29, 0.717) is 23.0 Å². The quantitative estimate of drug-likeness (QED) is 0.778. The van der Waals surface area contributed by atoms with Crippen molar-refractivity contribution in [3.63, 3.8) is 0 Å². The van der Waals surface area contributed by atoms with Gasteiger partial charge < -0.3 is 21.5 Å². The highest BCUT2D eigenvalue weighted by atomic mass is 32.1. The van der Waals surface area contributed by atoms with Crippen LogP contribution in [-0.4, -0.2) is 30.2 Å². The second kappa shape index (κ2) is 4.68. The third kappa shape index (κ3) is 2.30. The predicted molar refractivity (Wildman–Crippen MR) is 76.7 cm³/mol. The molecule has 0 aromatic carbocycles. The summed E-state index contributed by atoms with van der Waals surface area (Å²) < 4.78 is 0. The summed E-state index contributed by atoms with van der Waals surface area (Å²) in [6.45, 7) is 1.53. The lowest BCUT2D eigenvalue weighted by molar-refractivity contribution is 0.100. The van der Waals surface area contributed by atoms with Gasteiger partial charge in [0.15, 0.2) is 0 Å². The van der Waals surface area contributed by atoms with Crippen LogP contribution < -0.4 is 16.4 Å². The van der Waals surface area contributed by atoms with Gasteiger partial charge >= 0.3 is 0 Å². The van der Waals surface area contributed by atoms with E-state index in [9.17, 15) is 9.90 Å². The molecule has 1 amide bonds. The zero-order valence-corrected chi connectivity index (χ0v) is 11.6. The summed E-state index contributed by atoms with van der Waals surface area (Å²) in [6.07, 6.45) is 3.78. The zero-order valence-electron chi connectivity index (χ0n) is 10.8. The first kappa shape index (κ1) is 12.7. The van der Waals surface area contributed by atoms with Crippen molar-refractivity contribution in [2.45, 2.75) is 37.7 Å². The smallest absolute Gasteiger partial charge is 0.260 e. The normalized spacial score (nSPS) is 23.6. The van der Waals surface area contributed by atoms with E-state index < -0.39 is 5.91 Å². The molecule has 104 valence electrons. The molecule has 0 spiro atoms. The highest BCUT2D eigenvalue weighted by Gasteiger charge is 2.35. The van der Waals surface area contributed by atoms with Crippen LogP contribution in [0, 0.1) is 0 Å². The number of aliphatic hydroxyl groups excluding tert-OH is 1. The summed E-state index contributed by atoms with van der Waals surface area (Å²) in [7, 11) is 0. The number of amides is 1. The lowest BCUT2D eigenvalue weighted by Crippen LogP contribution is -2.38. The maximum atomic E-state index is 11.5. The molecule has 3 rings (SSSR count). The summed E-state index contributed by atoms with van der Waals surface area (Å²) in [5.74, 6) is 0.0200. The molecule has 19 heavy (non-hydrogen) atoms. The van der Waals surface area contributed by atoms with Crippen molar-refractivity contribution in [2.75, 3.05) is 23.7 Å². The Morgan fingerprint density at radius 1 is 1.37 bits per heavy atom. The van der Waals surface area contributed by atoms with Crippen LogP contribution in [0.3, 0.4) is 0 Å². The molecule has 6 heteroatoms. The van der Waals surface area contributed by atoms with Gasteiger partial charge in [-0.15, -0.1) is 11.3 Å². The molecule has 5 N–H and O–H groups in total. The molecular formula is C13H19N3O2S. The van der Waals surface area contributed by atoms with Gasteiger partial charge in [-0.05, 0) is 31.6 Å². The van der Waals surface area contributed by atoms with Crippen LogP contribution >= 0.6 is 11.3 Å². The Hall–Kier alpha value is -1.27. The standard InChI is InChI=1S/C13H19N3O2S/c14-10-9(7-3-4-7)13(19-11(10)12(15)18)16-5-1-2-8(17)6-16/h7-8,17H,1-6,14H2,(H2,15,18). The Kier molecular flexibility index (Phi) is 3.14. The molecule has 0 bridgehead atoms. The largest absolute Gasteiger partial charge is 0.397 e. The van der Waals surface area contributed by atoms with E-state index in [1.807, 2.05) is 0 Å². The molecule has 2 heterocycles. The Balaban J connectivity index is 1.99. The van der Waals surface area contributed by atoms with E-state index >= 15 is 0 Å². The van der Waals surface area contributed by atoms with Crippen LogP contribution in [0.1, 0.15) is 46.8 Å². The van der Waals surface area contributed by atoms with Crippen LogP contribution in [0.5, 0.6) is 0 Å². The minimum absolute atomic E-state index is 0.291. The van der Waals surface area contributed by atoms with Crippen LogP contribution in [0.15, 0.2) is 0 Å². The van der Waals surface area contributed by atoms with Gasteiger partial charge in [0.2, 0.25) is 0 Å². The number of piperidine rings is 1. The van der Waals surface area contributed by atoms with Crippen LogP contribution in [0.2, 0.25) is 0 Å². The molecule has 1 saturated carbocycles. The van der Waals surface area contributed by atoms with E-state index in [1.54, 1.807) is 0 Å². The Morgan fingerprint density at radius 2 is 2.11 bits per heavy atom. The van der Waals surface area contributed by atoms with Gasteiger partial charge in [0.1, 0.15) is 4.88 Å². The molecule has 1 aliphatic heterocycles. The monoisotopic (exact) mass is 281 g/mol. The first-order valence-corrected chi connectivity index (χ1v) is 7.54. The highest BCUT2D eigenvalue weighted by molar-refractivity contribution is 7.18. The number of carbonyl (C=O) groups excluding carboxylic acids is 1. The van der Waals surface area contributed by atoms with Crippen molar-refractivity contribution >= 4 is 27.9 Å². The summed E-state index contributed by atoms with van der Waals surface area (Å²) in [5.41, 5.74) is 13.2. The van der Waals surface area contributed by atoms with Crippen molar-refractivity contribution < 1.29 is 9.90 Å². The molecule has 1 saturated heterocycles. The van der Waals surface area contributed by atoms with Gasteiger partial charge in [0, 0.05) is 18.7 Å². The molecule has 0 radical (unpaired) electrons. The summed E-state index contributed by atoms with van der Waals surface area (Å²) in [6, 6.07) is 0. The first-order valence-electron chi connectivity index (χ1n) is 6.73. The van der Waals surface area contributed by atoms with E-state index in [4.69, 9.17) is 11.5 Å². The number of rotatable bonds is 3. The van der Waals surface area contributed by atoms with E-state index in [2.05, 4.69) is 4.90 Å². The first-order chi connectivity index (χ1) is 9.08. The lowest BCUT2D eigenvalue weighted by Gasteiger charge is -2.31. The molecule has 5 nitrogen and oxygen atoms in total. The average Bonchev–Trinajstić information content (AvgIpc) is 3.12. The van der Waals surface area contributed by atoms with Gasteiger partial charge in [-0.1, -0.05) is 0 Å². The molecule has 1 aromatic heterocycles. The van der Waals surface area contributed by atoms with Gasteiger partial charge in [0.25, 0.3) is 5.91 Å². The number of β-amino-alcohol motifs (C(OH)–C–C–N with tert-alkyl or cyclic N) is 1. The van der Waals surface area contributed by atoms with Crippen molar-refractivity contribution in [2.24, 2.45) is 5.73 Å². The molecule has 2 aliphatic rings. The molecule has 1 unspecified atom stereocenters. The molecule has 1 aromatic rings. The maximum absolute atomic E-state index is 11.5. The number of anilines is 2. The van der Waals surface area contributed by atoms with Crippen LogP contribution in [0.4, 0.5) is 10.7 Å². The summed E-state index contributed by atoms with van der Waals surface area (Å²) in [4.78, 5) is 14.1. The number of carbonyl (C=O) groups is 1. The Bertz CT molecular complexity index is 510. The summed E-state index contributed by atoms with van der Waals surface area (Å²) >= 11 is 1.39. The van der Waals surface area contributed by atoms with E-state index in [-0.39, 0.29) is 6.10 Å². The van der Waals surface area contributed by atoms with Crippen molar-refractivity contribution in [1.82, 2.24) is 0 Å². The Labute approximate surface area is 116 Å². The van der Waals surface area contributed by atoms with E-state index in [1.165, 1.54) is 11.3 Å². The summed E-state index contributed by atoms with van der Waals surface area (Å²) in [5, 5.41) is 10.9. The number of nitrogen functional groups attached to an aromatic ring is 1. The Morgan fingerprint density at radius 3 is 2.68 bits per heavy atom. The second-order valence-electron chi connectivity index (χ2n) is 5.44. The van der Waals surface area contributed by atoms with Gasteiger partial charge in [-0.2, -0.15) is 0 Å². The number of nitrogens with two attached hydrogens (primary N) is 2. The van der Waals surface area contributed by atoms with Gasteiger partial charge in [-0.3, -0.25) is 4.79 Å². The highest BCUT2D eigenvalue weighted by Crippen LogP contribution is 2.52. The third-order valence-corrected chi connectivity index (χ3v) is 5.15. The number of nitrogens with zero attached hydrogens (tertiary/aromatic N) is 1.